The van der Waals surface area contributed by atoms with Crippen molar-refractivity contribution >= 4 is 0 Å². The predicted octanol–water partition coefficient (Wildman–Crippen LogP) is 3.03. The van der Waals surface area contributed by atoms with Crippen LogP contribution in [0, 0.1) is 0 Å². The summed E-state index contributed by atoms with van der Waals surface area (Å²) in [7, 11) is 4.77. The SMILES string of the molecule is COc1cc(OC)c2c(c1OC)O[C@H]1c3ccc(O)cc3OC[C@@H]21. The first-order valence-corrected chi connectivity index (χ1v) is 7.63. The molecule has 0 aromatic heterocycles. The van der Waals surface area contributed by atoms with E-state index in [0.717, 1.165) is 11.1 Å². The predicted molar refractivity (Wildman–Crippen MR) is 85.8 cm³/mol. The molecular formula is C18H18O6. The highest BCUT2D eigenvalue weighted by Crippen LogP contribution is 2.59. The maximum atomic E-state index is 9.66. The molecule has 2 atom stereocenters. The summed E-state index contributed by atoms with van der Waals surface area (Å²) in [6.07, 6.45) is -0.223. The third kappa shape index (κ3) is 1.95. The molecule has 0 radical (unpaired) electrons. The van der Waals surface area contributed by atoms with E-state index in [1.165, 1.54) is 0 Å². The van der Waals surface area contributed by atoms with Gasteiger partial charge in [-0.1, -0.05) is 0 Å². The van der Waals surface area contributed by atoms with Gasteiger partial charge >= 0.3 is 0 Å². The van der Waals surface area contributed by atoms with Crippen LogP contribution in [0.3, 0.4) is 0 Å². The van der Waals surface area contributed by atoms with Crippen LogP contribution in [0.4, 0.5) is 0 Å². The van der Waals surface area contributed by atoms with Crippen LogP contribution in [-0.2, 0) is 0 Å². The molecule has 126 valence electrons. The lowest BCUT2D eigenvalue weighted by atomic mass is 9.88. The number of methoxy groups -OCH3 is 3. The average Bonchev–Trinajstić information content (AvgIpc) is 2.99. The molecular weight excluding hydrogens is 312 g/mol. The summed E-state index contributed by atoms with van der Waals surface area (Å²) in [5.74, 6) is 3.18. The molecule has 0 amide bonds. The van der Waals surface area contributed by atoms with Crippen molar-refractivity contribution in [3.8, 4) is 34.5 Å². The number of rotatable bonds is 3. The fourth-order valence-corrected chi connectivity index (χ4v) is 3.46. The van der Waals surface area contributed by atoms with E-state index in [9.17, 15) is 5.11 Å². The number of fused-ring (bicyclic) bond motifs is 5. The molecule has 2 heterocycles. The summed E-state index contributed by atoms with van der Waals surface area (Å²) < 4.78 is 28.5. The zero-order chi connectivity index (χ0) is 16.8. The van der Waals surface area contributed by atoms with Crippen LogP contribution in [0.5, 0.6) is 34.5 Å². The van der Waals surface area contributed by atoms with Crippen molar-refractivity contribution in [1.29, 1.82) is 0 Å². The second-order valence-corrected chi connectivity index (χ2v) is 5.74. The van der Waals surface area contributed by atoms with Gasteiger partial charge in [0.05, 0.1) is 39.4 Å². The van der Waals surface area contributed by atoms with Gasteiger partial charge in [-0.25, -0.2) is 0 Å². The Morgan fingerprint density at radius 1 is 1.04 bits per heavy atom. The van der Waals surface area contributed by atoms with Crippen LogP contribution < -0.4 is 23.7 Å². The Hall–Kier alpha value is -2.76. The van der Waals surface area contributed by atoms with Gasteiger partial charge in [0.2, 0.25) is 5.75 Å². The van der Waals surface area contributed by atoms with Crippen molar-refractivity contribution in [3.63, 3.8) is 0 Å². The number of benzene rings is 2. The number of aromatic hydroxyl groups is 1. The Balaban J connectivity index is 1.88. The highest BCUT2D eigenvalue weighted by molar-refractivity contribution is 5.66. The third-order valence-electron chi connectivity index (χ3n) is 4.55. The number of hydrogen-bond acceptors (Lipinski definition) is 6. The van der Waals surface area contributed by atoms with Crippen molar-refractivity contribution in [2.75, 3.05) is 27.9 Å². The van der Waals surface area contributed by atoms with Crippen molar-refractivity contribution in [1.82, 2.24) is 0 Å². The normalized spacial score (nSPS) is 20.1. The zero-order valence-corrected chi connectivity index (χ0v) is 13.7. The molecule has 6 nitrogen and oxygen atoms in total. The van der Waals surface area contributed by atoms with Gasteiger partial charge in [-0.05, 0) is 12.1 Å². The molecule has 0 aliphatic carbocycles. The van der Waals surface area contributed by atoms with E-state index in [2.05, 4.69) is 0 Å². The van der Waals surface area contributed by atoms with E-state index in [1.807, 2.05) is 6.07 Å². The van der Waals surface area contributed by atoms with E-state index in [4.69, 9.17) is 23.7 Å². The summed E-state index contributed by atoms with van der Waals surface area (Å²) in [4.78, 5) is 0. The van der Waals surface area contributed by atoms with Gasteiger partial charge in [-0.15, -0.1) is 0 Å². The minimum absolute atomic E-state index is 0.0215. The molecule has 0 saturated heterocycles. The molecule has 2 aromatic carbocycles. The highest BCUT2D eigenvalue weighted by atomic mass is 16.6. The molecule has 2 aliphatic rings. The molecule has 2 aliphatic heterocycles. The first-order valence-electron chi connectivity index (χ1n) is 7.63. The standard InChI is InChI=1S/C18H18O6/c1-20-13-7-14(21-2)17(22-3)18-15(13)11-8-23-12-6-9(19)4-5-10(12)16(11)24-18/h4-7,11,16,19H,8H2,1-3H3/t11-,16-/m0/s1. The van der Waals surface area contributed by atoms with E-state index >= 15 is 0 Å². The highest BCUT2D eigenvalue weighted by Gasteiger charge is 2.45. The van der Waals surface area contributed by atoms with Crippen LogP contribution in [0.25, 0.3) is 0 Å². The molecule has 6 heteroatoms. The van der Waals surface area contributed by atoms with Crippen LogP contribution in [-0.4, -0.2) is 33.0 Å². The van der Waals surface area contributed by atoms with Crippen molar-refractivity contribution in [2.24, 2.45) is 0 Å². The van der Waals surface area contributed by atoms with Crippen LogP contribution in [0.15, 0.2) is 24.3 Å². The lowest BCUT2D eigenvalue weighted by Gasteiger charge is -2.28. The fraction of sp³-hybridized carbons (Fsp3) is 0.333. The minimum Gasteiger partial charge on any atom is -0.508 e. The molecule has 0 fully saturated rings. The minimum atomic E-state index is -0.223. The molecule has 0 spiro atoms. The van der Waals surface area contributed by atoms with Gasteiger partial charge in [-0.3, -0.25) is 0 Å². The first-order chi connectivity index (χ1) is 11.7. The Kier molecular flexibility index (Phi) is 3.33. The second-order valence-electron chi connectivity index (χ2n) is 5.74. The molecule has 0 bridgehead atoms. The van der Waals surface area contributed by atoms with Gasteiger partial charge in [0.1, 0.15) is 23.4 Å². The zero-order valence-electron chi connectivity index (χ0n) is 13.7. The van der Waals surface area contributed by atoms with Gasteiger partial charge < -0.3 is 28.8 Å². The molecule has 0 saturated carbocycles. The number of phenolic OH excluding ortho intramolecular Hbond substituents is 1. The van der Waals surface area contributed by atoms with Crippen molar-refractivity contribution in [3.05, 3.63) is 35.4 Å². The largest absolute Gasteiger partial charge is 0.508 e. The Morgan fingerprint density at radius 3 is 2.54 bits per heavy atom. The summed E-state index contributed by atoms with van der Waals surface area (Å²) in [6.45, 7) is 0.431. The van der Waals surface area contributed by atoms with Gasteiger partial charge in [0.25, 0.3) is 0 Å². The Bertz CT molecular complexity index is 801. The smallest absolute Gasteiger partial charge is 0.203 e. The van der Waals surface area contributed by atoms with Gasteiger partial charge in [0.15, 0.2) is 11.5 Å². The monoisotopic (exact) mass is 330 g/mol. The average molecular weight is 330 g/mol. The van der Waals surface area contributed by atoms with E-state index in [1.54, 1.807) is 39.5 Å². The Morgan fingerprint density at radius 2 is 1.83 bits per heavy atom. The molecule has 2 aromatic rings. The maximum absolute atomic E-state index is 9.66. The number of phenols is 1. The number of ether oxygens (including phenoxy) is 5. The van der Waals surface area contributed by atoms with Crippen LogP contribution in [0.1, 0.15) is 23.1 Å². The molecule has 0 unspecified atom stereocenters. The summed E-state index contributed by atoms with van der Waals surface area (Å²) >= 11 is 0. The topological polar surface area (TPSA) is 66.4 Å². The van der Waals surface area contributed by atoms with Crippen molar-refractivity contribution in [2.45, 2.75) is 12.0 Å². The molecule has 24 heavy (non-hydrogen) atoms. The van der Waals surface area contributed by atoms with Gasteiger partial charge in [0, 0.05) is 17.7 Å². The fourth-order valence-electron chi connectivity index (χ4n) is 3.46. The summed E-state index contributed by atoms with van der Waals surface area (Å²) in [5.41, 5.74) is 1.81. The van der Waals surface area contributed by atoms with Gasteiger partial charge in [-0.2, -0.15) is 0 Å². The summed E-state index contributed by atoms with van der Waals surface area (Å²) in [6, 6.07) is 6.86. The van der Waals surface area contributed by atoms with E-state index in [0.29, 0.717) is 35.4 Å². The maximum Gasteiger partial charge on any atom is 0.203 e. The number of hydrogen-bond donors (Lipinski definition) is 1. The molecule has 1 N–H and O–H groups in total. The lowest BCUT2D eigenvalue weighted by molar-refractivity contribution is 0.136. The Labute approximate surface area is 139 Å². The van der Waals surface area contributed by atoms with Crippen LogP contribution in [0.2, 0.25) is 0 Å². The van der Waals surface area contributed by atoms with E-state index < -0.39 is 0 Å². The summed E-state index contributed by atoms with van der Waals surface area (Å²) in [5, 5.41) is 9.66. The molecule has 4 rings (SSSR count). The van der Waals surface area contributed by atoms with Crippen LogP contribution >= 0.6 is 0 Å². The second kappa shape index (κ2) is 5.40. The van der Waals surface area contributed by atoms with Crippen molar-refractivity contribution < 1.29 is 28.8 Å². The first kappa shape index (κ1) is 14.8. The quantitative estimate of drug-likeness (QED) is 0.933. The van der Waals surface area contributed by atoms with E-state index in [-0.39, 0.29) is 17.8 Å². The third-order valence-corrected chi connectivity index (χ3v) is 4.55. The lowest BCUT2D eigenvalue weighted by Crippen LogP contribution is -2.23.